The van der Waals surface area contributed by atoms with Gasteiger partial charge in [0.2, 0.25) is 0 Å². The van der Waals surface area contributed by atoms with Crippen LogP contribution in [0.25, 0.3) is 10.9 Å². The zero-order chi connectivity index (χ0) is 14.0. The minimum absolute atomic E-state index is 0.268. The van der Waals surface area contributed by atoms with Crippen molar-refractivity contribution in [3.8, 4) is 6.07 Å². The van der Waals surface area contributed by atoms with Gasteiger partial charge >= 0.3 is 0 Å². The van der Waals surface area contributed by atoms with Crippen LogP contribution >= 0.6 is 15.9 Å². The summed E-state index contributed by atoms with van der Waals surface area (Å²) in [6.45, 7) is 3.94. The molecule has 2 unspecified atom stereocenters. The number of nitriles is 1. The molecule has 0 aliphatic rings. The highest BCUT2D eigenvalue weighted by atomic mass is 79.9. The molecule has 2 aromatic rings. The summed E-state index contributed by atoms with van der Waals surface area (Å²) in [4.78, 5) is 3.34. The van der Waals surface area contributed by atoms with Crippen molar-refractivity contribution >= 4 is 26.8 Å². The van der Waals surface area contributed by atoms with E-state index < -0.39 is 0 Å². The first kappa shape index (κ1) is 14.1. The largest absolute Gasteiger partial charge is 0.393 e. The number of aliphatic hydroxyl groups excluding tert-OH is 1. The molecule has 3 nitrogen and oxygen atoms in total. The minimum atomic E-state index is -0.268. The van der Waals surface area contributed by atoms with E-state index in [1.807, 2.05) is 19.1 Å². The minimum Gasteiger partial charge on any atom is -0.393 e. The van der Waals surface area contributed by atoms with Gasteiger partial charge in [0.05, 0.1) is 17.2 Å². The first-order valence-electron chi connectivity index (χ1n) is 6.41. The SMILES string of the molecule is CC(O)CCC(C)c1cc2cc(Br)cc(C#N)c2[nH]1. The normalized spacial score (nSPS) is 14.3. The van der Waals surface area contributed by atoms with Gasteiger partial charge in [0.15, 0.2) is 0 Å². The molecule has 1 aromatic carbocycles. The standard InChI is InChI=1S/C15H17BrN2O/c1-9(3-4-10(2)19)14-7-11-5-13(16)6-12(8-17)15(11)18-14/h5-7,9-10,18-19H,3-4H2,1-2H3. The van der Waals surface area contributed by atoms with Crippen LogP contribution in [0.1, 0.15) is 43.9 Å². The Morgan fingerprint density at radius 1 is 1.32 bits per heavy atom. The molecule has 19 heavy (non-hydrogen) atoms. The number of aliphatic hydroxyl groups is 1. The lowest BCUT2D eigenvalue weighted by Crippen LogP contribution is -2.03. The van der Waals surface area contributed by atoms with Crippen molar-refractivity contribution in [3.05, 3.63) is 33.9 Å². The Hall–Kier alpha value is -1.31. The summed E-state index contributed by atoms with van der Waals surface area (Å²) in [6, 6.07) is 8.14. The van der Waals surface area contributed by atoms with Crippen molar-refractivity contribution in [3.63, 3.8) is 0 Å². The van der Waals surface area contributed by atoms with Crippen molar-refractivity contribution in [2.45, 2.75) is 38.7 Å². The number of fused-ring (bicyclic) bond motifs is 1. The predicted octanol–water partition coefficient (Wildman–Crippen LogP) is 4.07. The summed E-state index contributed by atoms with van der Waals surface area (Å²) < 4.78 is 0.915. The monoisotopic (exact) mass is 320 g/mol. The molecule has 2 N–H and O–H groups in total. The number of hydrogen-bond donors (Lipinski definition) is 2. The van der Waals surface area contributed by atoms with E-state index >= 15 is 0 Å². The van der Waals surface area contributed by atoms with Crippen LogP contribution in [0.3, 0.4) is 0 Å². The van der Waals surface area contributed by atoms with Crippen LogP contribution in [-0.2, 0) is 0 Å². The Bertz CT molecular complexity index is 625. The Morgan fingerprint density at radius 2 is 2.05 bits per heavy atom. The van der Waals surface area contributed by atoms with E-state index in [9.17, 15) is 5.11 Å². The molecule has 0 aliphatic heterocycles. The Labute approximate surface area is 121 Å². The van der Waals surface area contributed by atoms with Gasteiger partial charge in [-0.05, 0) is 43.9 Å². The van der Waals surface area contributed by atoms with Crippen molar-refractivity contribution < 1.29 is 5.11 Å². The van der Waals surface area contributed by atoms with Crippen molar-refractivity contribution in [1.82, 2.24) is 4.98 Å². The highest BCUT2D eigenvalue weighted by Gasteiger charge is 2.12. The second-order valence-corrected chi connectivity index (χ2v) is 6.00. The Kier molecular flexibility index (Phi) is 4.28. The quantitative estimate of drug-likeness (QED) is 0.892. The maximum atomic E-state index is 9.35. The third kappa shape index (κ3) is 3.17. The number of rotatable bonds is 4. The van der Waals surface area contributed by atoms with Crippen molar-refractivity contribution in [2.75, 3.05) is 0 Å². The fraction of sp³-hybridized carbons (Fsp3) is 0.400. The van der Waals surface area contributed by atoms with E-state index in [2.05, 4.69) is 40.0 Å². The zero-order valence-electron chi connectivity index (χ0n) is 11.1. The van der Waals surface area contributed by atoms with Crippen LogP contribution in [0.5, 0.6) is 0 Å². The molecule has 0 amide bonds. The van der Waals surface area contributed by atoms with Gasteiger partial charge in [-0.15, -0.1) is 0 Å². The molecule has 4 heteroatoms. The first-order chi connectivity index (χ1) is 9.01. The number of hydrogen-bond acceptors (Lipinski definition) is 2. The highest BCUT2D eigenvalue weighted by molar-refractivity contribution is 9.10. The van der Waals surface area contributed by atoms with Crippen LogP contribution in [-0.4, -0.2) is 16.2 Å². The number of nitrogens with one attached hydrogen (secondary N) is 1. The van der Waals surface area contributed by atoms with Gasteiger partial charge in [-0.1, -0.05) is 22.9 Å². The summed E-state index contributed by atoms with van der Waals surface area (Å²) in [7, 11) is 0. The smallest absolute Gasteiger partial charge is 0.101 e. The Morgan fingerprint density at radius 3 is 2.68 bits per heavy atom. The van der Waals surface area contributed by atoms with Crippen LogP contribution in [0.4, 0.5) is 0 Å². The number of halogens is 1. The lowest BCUT2D eigenvalue weighted by molar-refractivity contribution is 0.179. The second-order valence-electron chi connectivity index (χ2n) is 5.08. The molecule has 2 rings (SSSR count). The number of nitrogens with zero attached hydrogens (tertiary/aromatic N) is 1. The zero-order valence-corrected chi connectivity index (χ0v) is 12.7. The average Bonchev–Trinajstić information content (AvgIpc) is 2.78. The molecule has 0 spiro atoms. The maximum Gasteiger partial charge on any atom is 0.101 e. The van der Waals surface area contributed by atoms with Gasteiger partial charge in [0.1, 0.15) is 6.07 Å². The molecule has 0 fully saturated rings. The van der Waals surface area contributed by atoms with Crippen LogP contribution in [0, 0.1) is 11.3 Å². The van der Waals surface area contributed by atoms with Gasteiger partial charge in [-0.25, -0.2) is 0 Å². The van der Waals surface area contributed by atoms with Gasteiger partial charge in [0, 0.05) is 15.6 Å². The molecule has 1 heterocycles. The van der Waals surface area contributed by atoms with E-state index in [1.54, 1.807) is 0 Å². The molecule has 2 atom stereocenters. The number of benzene rings is 1. The fourth-order valence-electron chi connectivity index (χ4n) is 2.23. The third-order valence-corrected chi connectivity index (χ3v) is 3.84. The molecule has 100 valence electrons. The molecule has 0 aliphatic carbocycles. The lowest BCUT2D eigenvalue weighted by Gasteiger charge is -2.10. The van der Waals surface area contributed by atoms with Crippen molar-refractivity contribution in [1.29, 1.82) is 5.26 Å². The summed E-state index contributed by atoms with van der Waals surface area (Å²) in [5.41, 5.74) is 2.66. The number of aromatic nitrogens is 1. The average molecular weight is 321 g/mol. The van der Waals surface area contributed by atoms with Gasteiger partial charge in [0.25, 0.3) is 0 Å². The van der Waals surface area contributed by atoms with Crippen LogP contribution in [0.2, 0.25) is 0 Å². The lowest BCUT2D eigenvalue weighted by atomic mass is 10.00. The van der Waals surface area contributed by atoms with E-state index in [1.165, 1.54) is 0 Å². The van der Waals surface area contributed by atoms with Gasteiger partial charge in [-0.3, -0.25) is 0 Å². The number of H-pyrrole nitrogens is 1. The molecule has 0 radical (unpaired) electrons. The predicted molar refractivity (Wildman–Crippen MR) is 80.0 cm³/mol. The van der Waals surface area contributed by atoms with Gasteiger partial charge < -0.3 is 10.1 Å². The molecule has 0 bridgehead atoms. The molecular weight excluding hydrogens is 304 g/mol. The third-order valence-electron chi connectivity index (χ3n) is 3.38. The highest BCUT2D eigenvalue weighted by Crippen LogP contribution is 2.29. The van der Waals surface area contributed by atoms with Crippen LogP contribution < -0.4 is 0 Å². The first-order valence-corrected chi connectivity index (χ1v) is 7.21. The second kappa shape index (κ2) is 5.77. The van der Waals surface area contributed by atoms with E-state index in [4.69, 9.17) is 5.26 Å². The van der Waals surface area contributed by atoms with Gasteiger partial charge in [-0.2, -0.15) is 5.26 Å². The topological polar surface area (TPSA) is 59.8 Å². The van der Waals surface area contributed by atoms with Crippen molar-refractivity contribution in [2.24, 2.45) is 0 Å². The van der Waals surface area contributed by atoms with E-state index in [-0.39, 0.29) is 6.10 Å². The number of aromatic amines is 1. The summed E-state index contributed by atoms with van der Waals surface area (Å²) >= 11 is 3.42. The Balaban J connectivity index is 2.34. The van der Waals surface area contributed by atoms with Crippen LogP contribution in [0.15, 0.2) is 22.7 Å². The fourth-order valence-corrected chi connectivity index (χ4v) is 2.71. The molecule has 0 saturated carbocycles. The van der Waals surface area contributed by atoms with E-state index in [0.717, 1.165) is 33.9 Å². The summed E-state index contributed by atoms with van der Waals surface area (Å²) in [6.07, 6.45) is 1.44. The summed E-state index contributed by atoms with van der Waals surface area (Å²) in [5, 5.41) is 19.6. The maximum absolute atomic E-state index is 9.35. The molecule has 0 saturated heterocycles. The molecular formula is C15H17BrN2O. The summed E-state index contributed by atoms with van der Waals surface area (Å²) in [5.74, 6) is 0.340. The molecule has 1 aromatic heterocycles. The van der Waals surface area contributed by atoms with E-state index in [0.29, 0.717) is 11.5 Å².